The minimum absolute atomic E-state index is 0.198. The van der Waals surface area contributed by atoms with E-state index in [2.05, 4.69) is 26.6 Å². The smallest absolute Gasteiger partial charge is 0.291 e. The van der Waals surface area contributed by atoms with Crippen LogP contribution in [0.15, 0.2) is 87.9 Å². The van der Waals surface area contributed by atoms with Crippen molar-refractivity contribution in [3.05, 3.63) is 94.9 Å². The van der Waals surface area contributed by atoms with Gasteiger partial charge in [0, 0.05) is 21.4 Å². The maximum absolute atomic E-state index is 12.7. The summed E-state index contributed by atoms with van der Waals surface area (Å²) in [6.45, 7) is 0. The Morgan fingerprint density at radius 1 is 0.714 bits per heavy atom. The first kappa shape index (κ1) is 18.0. The SMILES string of the molecule is O=C(Nc1ccc(NC(=O)c2cccc3c(Br)cccc23)cc1)c1ccco1. The molecular weight excluding hydrogens is 420 g/mol. The lowest BCUT2D eigenvalue weighted by molar-refractivity contribution is 0.0994. The highest BCUT2D eigenvalue weighted by molar-refractivity contribution is 9.10. The number of rotatable bonds is 4. The molecule has 0 atom stereocenters. The van der Waals surface area contributed by atoms with E-state index in [0.717, 1.165) is 15.2 Å². The molecule has 0 aliphatic carbocycles. The fourth-order valence-electron chi connectivity index (χ4n) is 2.91. The van der Waals surface area contributed by atoms with Crippen LogP contribution in [0.25, 0.3) is 10.8 Å². The first-order valence-corrected chi connectivity index (χ1v) is 9.34. The van der Waals surface area contributed by atoms with Crippen LogP contribution in [0.2, 0.25) is 0 Å². The zero-order valence-corrected chi connectivity index (χ0v) is 16.2. The van der Waals surface area contributed by atoms with Crippen molar-refractivity contribution in [1.82, 2.24) is 0 Å². The minimum Gasteiger partial charge on any atom is -0.459 e. The molecule has 0 aliphatic heterocycles. The van der Waals surface area contributed by atoms with Crippen molar-refractivity contribution in [2.45, 2.75) is 0 Å². The van der Waals surface area contributed by atoms with E-state index in [1.54, 1.807) is 42.5 Å². The van der Waals surface area contributed by atoms with Gasteiger partial charge in [-0.05, 0) is 59.3 Å². The van der Waals surface area contributed by atoms with Crippen LogP contribution in [0.5, 0.6) is 0 Å². The van der Waals surface area contributed by atoms with Crippen LogP contribution in [0.3, 0.4) is 0 Å². The normalized spacial score (nSPS) is 10.6. The molecule has 0 saturated carbocycles. The molecule has 2 N–H and O–H groups in total. The molecule has 28 heavy (non-hydrogen) atoms. The van der Waals surface area contributed by atoms with Crippen LogP contribution in [-0.2, 0) is 0 Å². The second kappa shape index (κ2) is 7.70. The summed E-state index contributed by atoms with van der Waals surface area (Å²) in [6.07, 6.45) is 1.44. The maximum atomic E-state index is 12.7. The predicted molar refractivity (Wildman–Crippen MR) is 113 cm³/mol. The van der Waals surface area contributed by atoms with E-state index >= 15 is 0 Å². The largest absolute Gasteiger partial charge is 0.459 e. The number of furan rings is 1. The summed E-state index contributed by atoms with van der Waals surface area (Å²) in [7, 11) is 0. The Hall–Kier alpha value is -3.38. The van der Waals surface area contributed by atoms with Crippen molar-refractivity contribution < 1.29 is 14.0 Å². The Morgan fingerprint density at radius 2 is 1.36 bits per heavy atom. The molecule has 5 nitrogen and oxygen atoms in total. The quantitative estimate of drug-likeness (QED) is 0.432. The highest BCUT2D eigenvalue weighted by Gasteiger charge is 2.12. The predicted octanol–water partition coefficient (Wildman–Crippen LogP) is 5.70. The minimum atomic E-state index is -0.330. The number of nitrogens with one attached hydrogen (secondary N) is 2. The van der Waals surface area contributed by atoms with E-state index in [-0.39, 0.29) is 17.6 Å². The Balaban J connectivity index is 1.50. The van der Waals surface area contributed by atoms with Gasteiger partial charge in [-0.25, -0.2) is 0 Å². The number of benzene rings is 3. The van der Waals surface area contributed by atoms with Crippen molar-refractivity contribution in [3.8, 4) is 0 Å². The number of fused-ring (bicyclic) bond motifs is 1. The molecule has 4 aromatic rings. The van der Waals surface area contributed by atoms with Crippen molar-refractivity contribution in [3.63, 3.8) is 0 Å². The Bertz CT molecular complexity index is 1150. The monoisotopic (exact) mass is 434 g/mol. The van der Waals surface area contributed by atoms with Gasteiger partial charge < -0.3 is 15.1 Å². The van der Waals surface area contributed by atoms with Crippen molar-refractivity contribution in [1.29, 1.82) is 0 Å². The van der Waals surface area contributed by atoms with Gasteiger partial charge in [0.25, 0.3) is 11.8 Å². The molecule has 1 aromatic heterocycles. The van der Waals surface area contributed by atoms with Crippen molar-refractivity contribution >= 4 is 49.9 Å². The fourth-order valence-corrected chi connectivity index (χ4v) is 3.40. The van der Waals surface area contributed by atoms with Crippen LogP contribution in [0.1, 0.15) is 20.9 Å². The first-order valence-electron chi connectivity index (χ1n) is 8.55. The Labute approximate surface area is 169 Å². The summed E-state index contributed by atoms with van der Waals surface area (Å²) in [5, 5.41) is 7.48. The molecule has 0 aliphatic rings. The molecule has 0 saturated heterocycles. The summed E-state index contributed by atoms with van der Waals surface area (Å²) in [5.41, 5.74) is 1.83. The molecule has 138 valence electrons. The molecule has 3 aromatic carbocycles. The molecule has 4 rings (SSSR count). The zero-order chi connectivity index (χ0) is 19.5. The molecule has 6 heteroatoms. The number of amides is 2. The fraction of sp³-hybridized carbons (Fsp3) is 0. The summed E-state index contributed by atoms with van der Waals surface area (Å²) in [4.78, 5) is 24.7. The summed E-state index contributed by atoms with van der Waals surface area (Å²) < 4.78 is 6.00. The van der Waals surface area contributed by atoms with Crippen molar-refractivity contribution in [2.24, 2.45) is 0 Å². The van der Waals surface area contributed by atoms with E-state index < -0.39 is 0 Å². The van der Waals surface area contributed by atoms with E-state index in [1.807, 2.05) is 30.3 Å². The number of carbonyl (C=O) groups excluding carboxylic acids is 2. The lowest BCUT2D eigenvalue weighted by atomic mass is 10.0. The van der Waals surface area contributed by atoms with Gasteiger partial charge in [-0.1, -0.05) is 40.2 Å². The van der Waals surface area contributed by atoms with Gasteiger partial charge in [0.1, 0.15) is 0 Å². The number of halogens is 1. The lowest BCUT2D eigenvalue weighted by Gasteiger charge is -2.10. The summed E-state index contributed by atoms with van der Waals surface area (Å²) in [6, 6.07) is 21.5. The van der Waals surface area contributed by atoms with Gasteiger partial charge >= 0.3 is 0 Å². The Kier molecular flexibility index (Phi) is 4.95. The number of carbonyl (C=O) groups is 2. The molecule has 0 radical (unpaired) electrons. The highest BCUT2D eigenvalue weighted by atomic mass is 79.9. The molecule has 1 heterocycles. The van der Waals surface area contributed by atoms with Crippen LogP contribution in [0, 0.1) is 0 Å². The molecule has 0 bridgehead atoms. The molecular formula is C22H15BrN2O3. The Morgan fingerprint density at radius 3 is 2.04 bits per heavy atom. The van der Waals surface area contributed by atoms with Gasteiger partial charge in [0.2, 0.25) is 0 Å². The first-order chi connectivity index (χ1) is 13.6. The average molecular weight is 435 g/mol. The third kappa shape index (κ3) is 3.68. The van der Waals surface area contributed by atoms with Crippen molar-refractivity contribution in [2.75, 3.05) is 10.6 Å². The van der Waals surface area contributed by atoms with E-state index in [4.69, 9.17) is 4.42 Å². The standard InChI is InChI=1S/C22H15BrN2O3/c23-19-7-2-4-16-17(19)5-1-6-18(16)21(26)24-14-9-11-15(12-10-14)25-22(27)20-8-3-13-28-20/h1-13H,(H,24,26)(H,25,27). The number of hydrogen-bond donors (Lipinski definition) is 2. The third-order valence-electron chi connectivity index (χ3n) is 4.26. The van der Waals surface area contributed by atoms with Gasteiger partial charge in [0.15, 0.2) is 5.76 Å². The topological polar surface area (TPSA) is 71.3 Å². The molecule has 0 fully saturated rings. The number of anilines is 2. The molecule has 2 amide bonds. The van der Waals surface area contributed by atoms with Gasteiger partial charge in [0.05, 0.1) is 6.26 Å². The van der Waals surface area contributed by atoms with E-state index in [9.17, 15) is 9.59 Å². The van der Waals surface area contributed by atoms with Crippen LogP contribution >= 0.6 is 15.9 Å². The van der Waals surface area contributed by atoms with Gasteiger partial charge in [-0.3, -0.25) is 9.59 Å². The van der Waals surface area contributed by atoms with Crippen LogP contribution in [0.4, 0.5) is 11.4 Å². The molecule has 0 spiro atoms. The van der Waals surface area contributed by atoms with Crippen LogP contribution in [-0.4, -0.2) is 11.8 Å². The van der Waals surface area contributed by atoms with E-state index in [1.165, 1.54) is 6.26 Å². The summed E-state index contributed by atoms with van der Waals surface area (Å²) >= 11 is 3.52. The third-order valence-corrected chi connectivity index (χ3v) is 4.95. The molecule has 0 unspecified atom stereocenters. The zero-order valence-electron chi connectivity index (χ0n) is 14.6. The number of hydrogen-bond acceptors (Lipinski definition) is 3. The summed E-state index contributed by atoms with van der Waals surface area (Å²) in [5.74, 6) is -0.293. The van der Waals surface area contributed by atoms with Crippen LogP contribution < -0.4 is 10.6 Å². The maximum Gasteiger partial charge on any atom is 0.291 e. The second-order valence-electron chi connectivity index (χ2n) is 6.10. The second-order valence-corrected chi connectivity index (χ2v) is 6.96. The van der Waals surface area contributed by atoms with Gasteiger partial charge in [-0.15, -0.1) is 0 Å². The van der Waals surface area contributed by atoms with Gasteiger partial charge in [-0.2, -0.15) is 0 Å². The highest BCUT2D eigenvalue weighted by Crippen LogP contribution is 2.27. The average Bonchev–Trinajstić information content (AvgIpc) is 3.24. The lowest BCUT2D eigenvalue weighted by Crippen LogP contribution is -2.13. The van der Waals surface area contributed by atoms with E-state index in [0.29, 0.717) is 16.9 Å².